The van der Waals surface area contributed by atoms with E-state index in [0.717, 1.165) is 18.8 Å². The van der Waals surface area contributed by atoms with Gasteiger partial charge < -0.3 is 29.2 Å². The molecule has 31 heavy (non-hydrogen) atoms. The number of carbonyl (C=O) groups excluding carboxylic acids is 2. The second-order valence-electron chi connectivity index (χ2n) is 6.98. The van der Waals surface area contributed by atoms with Gasteiger partial charge in [-0.2, -0.15) is 0 Å². The molecule has 1 unspecified atom stereocenters. The van der Waals surface area contributed by atoms with E-state index in [-0.39, 0.29) is 5.56 Å². The van der Waals surface area contributed by atoms with Crippen LogP contribution in [0.15, 0.2) is 42.5 Å². The first-order chi connectivity index (χ1) is 15.0. The molecule has 2 aromatic carbocycles. The van der Waals surface area contributed by atoms with Crippen molar-refractivity contribution in [3.63, 3.8) is 0 Å². The molecule has 0 radical (unpaired) electrons. The van der Waals surface area contributed by atoms with Crippen LogP contribution in [0.2, 0.25) is 0 Å². The second kappa shape index (κ2) is 10.7. The maximum atomic E-state index is 12.5. The molecule has 1 atom stereocenters. The average molecular weight is 428 g/mol. The maximum absolute atomic E-state index is 12.5. The number of nitrogens with zero attached hydrogens (tertiary/aromatic N) is 1. The third kappa shape index (κ3) is 5.88. The number of methoxy groups -OCH3 is 1. The van der Waals surface area contributed by atoms with Crippen molar-refractivity contribution in [1.82, 2.24) is 0 Å². The number of amides is 1. The number of esters is 1. The highest BCUT2D eigenvalue weighted by Gasteiger charge is 2.20. The third-order valence-corrected chi connectivity index (χ3v) is 4.86. The van der Waals surface area contributed by atoms with Gasteiger partial charge in [-0.25, -0.2) is 4.79 Å². The zero-order valence-electron chi connectivity index (χ0n) is 18.1. The van der Waals surface area contributed by atoms with Gasteiger partial charge in [0.1, 0.15) is 0 Å². The molecule has 0 aromatic heterocycles. The Kier molecular flexibility index (Phi) is 7.72. The summed E-state index contributed by atoms with van der Waals surface area (Å²) in [4.78, 5) is 27.1. The first-order valence-corrected chi connectivity index (χ1v) is 10.3. The molecule has 1 amide bonds. The lowest BCUT2D eigenvalue weighted by Gasteiger charge is -2.28. The molecular formula is C23H28N2O6. The van der Waals surface area contributed by atoms with E-state index >= 15 is 0 Å². The van der Waals surface area contributed by atoms with Crippen LogP contribution in [0, 0.1) is 0 Å². The minimum atomic E-state index is -0.969. The number of nitrogens with one attached hydrogen (secondary N) is 1. The van der Waals surface area contributed by atoms with Crippen molar-refractivity contribution >= 4 is 23.3 Å². The van der Waals surface area contributed by atoms with E-state index in [1.54, 1.807) is 12.1 Å². The predicted molar refractivity (Wildman–Crippen MR) is 117 cm³/mol. The largest absolute Gasteiger partial charge is 0.493 e. The molecular weight excluding hydrogens is 400 g/mol. The van der Waals surface area contributed by atoms with Crippen molar-refractivity contribution in [2.45, 2.75) is 20.0 Å². The molecule has 2 aromatic rings. The summed E-state index contributed by atoms with van der Waals surface area (Å²) in [7, 11) is 1.49. The standard InChI is InChI=1S/C23H28N2O6/c1-4-30-20-10-5-17(15-21(20)28-3)23(27)31-16(2)22(26)24-18-6-8-19(9-7-18)25-11-13-29-14-12-25/h5-10,15-16H,4,11-14H2,1-3H3,(H,24,26). The Morgan fingerprint density at radius 1 is 1.10 bits per heavy atom. The summed E-state index contributed by atoms with van der Waals surface area (Å²) >= 11 is 0. The number of carbonyl (C=O) groups is 2. The van der Waals surface area contributed by atoms with Gasteiger partial charge in [-0.15, -0.1) is 0 Å². The summed E-state index contributed by atoms with van der Waals surface area (Å²) in [6, 6.07) is 12.3. The number of benzene rings is 2. The summed E-state index contributed by atoms with van der Waals surface area (Å²) in [6.45, 7) is 6.97. The van der Waals surface area contributed by atoms with Crippen molar-refractivity contribution in [1.29, 1.82) is 0 Å². The molecule has 0 saturated carbocycles. The highest BCUT2D eigenvalue weighted by atomic mass is 16.5. The Hall–Kier alpha value is -3.26. The van der Waals surface area contributed by atoms with Crippen LogP contribution in [0.3, 0.4) is 0 Å². The van der Waals surface area contributed by atoms with Gasteiger partial charge in [-0.1, -0.05) is 0 Å². The second-order valence-corrected chi connectivity index (χ2v) is 6.98. The fourth-order valence-corrected chi connectivity index (χ4v) is 3.17. The van der Waals surface area contributed by atoms with Crippen LogP contribution < -0.4 is 19.7 Å². The summed E-state index contributed by atoms with van der Waals surface area (Å²) in [5, 5.41) is 2.77. The van der Waals surface area contributed by atoms with E-state index in [1.165, 1.54) is 20.1 Å². The number of hydrogen-bond acceptors (Lipinski definition) is 7. The average Bonchev–Trinajstić information content (AvgIpc) is 2.80. The van der Waals surface area contributed by atoms with Crippen molar-refractivity contribution in [3.8, 4) is 11.5 Å². The van der Waals surface area contributed by atoms with E-state index in [0.29, 0.717) is 37.0 Å². The lowest BCUT2D eigenvalue weighted by molar-refractivity contribution is -0.123. The fourth-order valence-electron chi connectivity index (χ4n) is 3.17. The van der Waals surface area contributed by atoms with Gasteiger partial charge in [0, 0.05) is 24.5 Å². The van der Waals surface area contributed by atoms with Crippen molar-refractivity contribution < 1.29 is 28.5 Å². The van der Waals surface area contributed by atoms with E-state index in [1.807, 2.05) is 31.2 Å². The van der Waals surface area contributed by atoms with Crippen LogP contribution in [0.1, 0.15) is 24.2 Å². The maximum Gasteiger partial charge on any atom is 0.339 e. The normalized spacial score (nSPS) is 14.5. The zero-order chi connectivity index (χ0) is 22.2. The zero-order valence-corrected chi connectivity index (χ0v) is 18.1. The molecule has 1 N–H and O–H groups in total. The minimum absolute atomic E-state index is 0.273. The molecule has 166 valence electrons. The number of rotatable bonds is 8. The number of ether oxygens (including phenoxy) is 4. The topological polar surface area (TPSA) is 86.3 Å². The quantitative estimate of drug-likeness (QED) is 0.647. The van der Waals surface area contributed by atoms with Gasteiger partial charge in [0.05, 0.1) is 32.5 Å². The van der Waals surface area contributed by atoms with Crippen LogP contribution in [-0.2, 0) is 14.3 Å². The lowest BCUT2D eigenvalue weighted by Crippen LogP contribution is -2.36. The third-order valence-electron chi connectivity index (χ3n) is 4.86. The van der Waals surface area contributed by atoms with Gasteiger partial charge in [-0.3, -0.25) is 4.79 Å². The summed E-state index contributed by atoms with van der Waals surface area (Å²) < 4.78 is 21.4. The first-order valence-electron chi connectivity index (χ1n) is 10.3. The van der Waals surface area contributed by atoms with Crippen LogP contribution >= 0.6 is 0 Å². The van der Waals surface area contributed by atoms with Crippen LogP contribution in [-0.4, -0.2) is 58.0 Å². The summed E-state index contributed by atoms with van der Waals surface area (Å²) in [5.74, 6) is -0.0707. The predicted octanol–water partition coefficient (Wildman–Crippen LogP) is 3.11. The Morgan fingerprint density at radius 3 is 2.45 bits per heavy atom. The molecule has 0 aliphatic carbocycles. The van der Waals surface area contributed by atoms with Gasteiger partial charge in [0.2, 0.25) is 0 Å². The Morgan fingerprint density at radius 2 is 1.81 bits per heavy atom. The van der Waals surface area contributed by atoms with Crippen molar-refractivity contribution in [2.24, 2.45) is 0 Å². The molecule has 1 heterocycles. The molecule has 1 saturated heterocycles. The number of hydrogen-bond donors (Lipinski definition) is 1. The van der Waals surface area contributed by atoms with Gasteiger partial charge >= 0.3 is 5.97 Å². The van der Waals surface area contributed by atoms with Crippen molar-refractivity contribution in [2.75, 3.05) is 50.2 Å². The van der Waals surface area contributed by atoms with E-state index in [9.17, 15) is 9.59 Å². The summed E-state index contributed by atoms with van der Waals surface area (Å²) in [5.41, 5.74) is 1.98. The SMILES string of the molecule is CCOc1ccc(C(=O)OC(C)C(=O)Nc2ccc(N3CCOCC3)cc2)cc1OC. The van der Waals surface area contributed by atoms with Crippen LogP contribution in [0.4, 0.5) is 11.4 Å². The lowest BCUT2D eigenvalue weighted by atomic mass is 10.2. The van der Waals surface area contributed by atoms with Gasteiger partial charge in [-0.05, 0) is 56.3 Å². The molecule has 0 bridgehead atoms. The smallest absolute Gasteiger partial charge is 0.339 e. The summed E-state index contributed by atoms with van der Waals surface area (Å²) in [6.07, 6.45) is -0.969. The van der Waals surface area contributed by atoms with Crippen LogP contribution in [0.5, 0.6) is 11.5 Å². The highest BCUT2D eigenvalue weighted by molar-refractivity contribution is 5.97. The van der Waals surface area contributed by atoms with Gasteiger partial charge in [0.25, 0.3) is 5.91 Å². The molecule has 1 aliphatic heterocycles. The number of anilines is 2. The Balaban J connectivity index is 1.57. The minimum Gasteiger partial charge on any atom is -0.493 e. The molecule has 3 rings (SSSR count). The Bertz CT molecular complexity index is 893. The molecule has 8 heteroatoms. The van der Waals surface area contributed by atoms with E-state index in [2.05, 4.69) is 10.2 Å². The van der Waals surface area contributed by atoms with Gasteiger partial charge in [0.15, 0.2) is 17.6 Å². The van der Waals surface area contributed by atoms with E-state index in [4.69, 9.17) is 18.9 Å². The molecule has 8 nitrogen and oxygen atoms in total. The monoisotopic (exact) mass is 428 g/mol. The van der Waals surface area contributed by atoms with Crippen LogP contribution in [0.25, 0.3) is 0 Å². The highest BCUT2D eigenvalue weighted by Crippen LogP contribution is 2.28. The Labute approximate surface area is 182 Å². The van der Waals surface area contributed by atoms with Crippen molar-refractivity contribution in [3.05, 3.63) is 48.0 Å². The fraction of sp³-hybridized carbons (Fsp3) is 0.391. The molecule has 1 aliphatic rings. The molecule has 1 fully saturated rings. The molecule has 0 spiro atoms. The van der Waals surface area contributed by atoms with E-state index < -0.39 is 18.0 Å². The first kappa shape index (κ1) is 22.4. The number of morpholine rings is 1.